The molecule has 0 N–H and O–H groups in total. The van der Waals surface area contributed by atoms with Crippen molar-refractivity contribution in [1.82, 2.24) is 0 Å². The lowest BCUT2D eigenvalue weighted by atomic mass is 10.2. The number of hydrogen-bond donors (Lipinski definition) is 0. The fourth-order valence-electron chi connectivity index (χ4n) is 1.27. The Labute approximate surface area is 80.3 Å². The topological polar surface area (TPSA) is 17.1 Å². The summed E-state index contributed by atoms with van der Waals surface area (Å²) < 4.78 is 1.26. The molecule has 0 fully saturated rings. The van der Waals surface area contributed by atoms with Crippen LogP contribution in [0.5, 0.6) is 0 Å². The SMILES string of the molecule is O=C/C=C/c1csc2ccccc12. The summed E-state index contributed by atoms with van der Waals surface area (Å²) in [5.41, 5.74) is 1.12. The predicted molar refractivity (Wildman–Crippen MR) is 56.9 cm³/mol. The van der Waals surface area contributed by atoms with E-state index in [2.05, 4.69) is 17.5 Å². The van der Waals surface area contributed by atoms with Gasteiger partial charge in [0.2, 0.25) is 0 Å². The van der Waals surface area contributed by atoms with Crippen LogP contribution in [0.2, 0.25) is 0 Å². The van der Waals surface area contributed by atoms with Crippen molar-refractivity contribution in [1.29, 1.82) is 0 Å². The second kappa shape index (κ2) is 3.54. The number of carbonyl (C=O) groups excluding carboxylic acids is 1. The second-order valence-electron chi connectivity index (χ2n) is 2.68. The number of thiophene rings is 1. The van der Waals surface area contributed by atoms with Crippen LogP contribution in [0.25, 0.3) is 16.2 Å². The van der Waals surface area contributed by atoms with Gasteiger partial charge in [-0.05, 0) is 28.5 Å². The molecule has 0 aliphatic carbocycles. The molecule has 0 aliphatic rings. The van der Waals surface area contributed by atoms with Crippen LogP contribution in [0.3, 0.4) is 0 Å². The molecule has 64 valence electrons. The third-order valence-corrected chi connectivity index (χ3v) is 2.85. The number of carbonyl (C=O) groups is 1. The summed E-state index contributed by atoms with van der Waals surface area (Å²) in [5, 5.41) is 3.27. The lowest BCUT2D eigenvalue weighted by Crippen LogP contribution is -1.67. The normalized spacial score (nSPS) is 11.1. The Morgan fingerprint density at radius 2 is 2.08 bits per heavy atom. The monoisotopic (exact) mass is 188 g/mol. The summed E-state index contributed by atoms with van der Waals surface area (Å²) in [5.74, 6) is 0. The van der Waals surface area contributed by atoms with Crippen molar-refractivity contribution in [3.63, 3.8) is 0 Å². The highest BCUT2D eigenvalue weighted by atomic mass is 32.1. The van der Waals surface area contributed by atoms with Crippen molar-refractivity contribution in [2.24, 2.45) is 0 Å². The molecule has 0 unspecified atom stereocenters. The van der Waals surface area contributed by atoms with E-state index < -0.39 is 0 Å². The molecule has 0 amide bonds. The molecular weight excluding hydrogens is 180 g/mol. The van der Waals surface area contributed by atoms with Crippen LogP contribution in [-0.4, -0.2) is 6.29 Å². The Kier molecular flexibility index (Phi) is 2.23. The van der Waals surface area contributed by atoms with Crippen LogP contribution in [0.4, 0.5) is 0 Å². The fourth-order valence-corrected chi connectivity index (χ4v) is 2.20. The molecule has 1 aromatic carbocycles. The quantitative estimate of drug-likeness (QED) is 0.522. The minimum absolute atomic E-state index is 0.798. The Hall–Kier alpha value is -1.41. The number of allylic oxidation sites excluding steroid dienone is 1. The zero-order chi connectivity index (χ0) is 9.10. The molecule has 0 atom stereocenters. The van der Waals surface area contributed by atoms with Gasteiger partial charge in [0, 0.05) is 4.70 Å². The highest BCUT2D eigenvalue weighted by Crippen LogP contribution is 2.26. The molecule has 2 heteroatoms. The van der Waals surface area contributed by atoms with E-state index in [1.54, 1.807) is 11.3 Å². The van der Waals surface area contributed by atoms with E-state index in [0.29, 0.717) is 0 Å². The van der Waals surface area contributed by atoms with Gasteiger partial charge in [-0.15, -0.1) is 11.3 Å². The number of rotatable bonds is 2. The van der Waals surface area contributed by atoms with Gasteiger partial charge in [0.15, 0.2) is 0 Å². The zero-order valence-corrected chi connectivity index (χ0v) is 7.75. The van der Waals surface area contributed by atoms with Crippen molar-refractivity contribution < 1.29 is 4.79 Å². The van der Waals surface area contributed by atoms with Crippen molar-refractivity contribution in [3.05, 3.63) is 41.3 Å². The first-order valence-corrected chi connectivity index (χ1v) is 4.88. The van der Waals surface area contributed by atoms with Gasteiger partial charge in [-0.2, -0.15) is 0 Å². The Bertz CT molecular complexity index is 454. The van der Waals surface area contributed by atoms with E-state index in [1.165, 1.54) is 16.2 Å². The van der Waals surface area contributed by atoms with Crippen LogP contribution in [0, 0.1) is 0 Å². The van der Waals surface area contributed by atoms with Gasteiger partial charge >= 0.3 is 0 Å². The first-order chi connectivity index (χ1) is 6.42. The van der Waals surface area contributed by atoms with E-state index in [0.717, 1.165) is 11.8 Å². The van der Waals surface area contributed by atoms with Crippen molar-refractivity contribution in [2.75, 3.05) is 0 Å². The van der Waals surface area contributed by atoms with Crippen molar-refractivity contribution in [2.45, 2.75) is 0 Å². The minimum atomic E-state index is 0.798. The van der Waals surface area contributed by atoms with Gasteiger partial charge in [0.25, 0.3) is 0 Å². The summed E-state index contributed by atoms with van der Waals surface area (Å²) in [4.78, 5) is 10.2. The number of aldehydes is 1. The largest absolute Gasteiger partial charge is 0.299 e. The van der Waals surface area contributed by atoms with Crippen LogP contribution < -0.4 is 0 Å². The van der Waals surface area contributed by atoms with Crippen molar-refractivity contribution >= 4 is 33.8 Å². The maximum absolute atomic E-state index is 10.2. The van der Waals surface area contributed by atoms with Crippen molar-refractivity contribution in [3.8, 4) is 0 Å². The molecule has 0 spiro atoms. The number of benzene rings is 1. The highest BCUT2D eigenvalue weighted by molar-refractivity contribution is 7.17. The minimum Gasteiger partial charge on any atom is -0.299 e. The van der Waals surface area contributed by atoms with Gasteiger partial charge in [0.1, 0.15) is 6.29 Å². The molecule has 0 saturated heterocycles. The van der Waals surface area contributed by atoms with Gasteiger partial charge in [-0.25, -0.2) is 0 Å². The Morgan fingerprint density at radius 1 is 1.23 bits per heavy atom. The Balaban J connectivity index is 2.57. The zero-order valence-electron chi connectivity index (χ0n) is 6.94. The van der Waals surface area contributed by atoms with Gasteiger partial charge in [0.05, 0.1) is 0 Å². The molecule has 0 bridgehead atoms. The highest BCUT2D eigenvalue weighted by Gasteiger charge is 1.98. The molecule has 13 heavy (non-hydrogen) atoms. The maximum Gasteiger partial charge on any atom is 0.142 e. The van der Waals surface area contributed by atoms with Gasteiger partial charge < -0.3 is 0 Å². The van der Waals surface area contributed by atoms with E-state index >= 15 is 0 Å². The van der Waals surface area contributed by atoms with Crippen LogP contribution in [0.1, 0.15) is 5.56 Å². The lowest BCUT2D eigenvalue weighted by molar-refractivity contribution is -0.104. The molecule has 2 rings (SSSR count). The summed E-state index contributed by atoms with van der Waals surface area (Å²) in [6.07, 6.45) is 4.16. The summed E-state index contributed by atoms with van der Waals surface area (Å²) >= 11 is 1.70. The molecular formula is C11H8OS. The van der Waals surface area contributed by atoms with Crippen LogP contribution >= 0.6 is 11.3 Å². The predicted octanol–water partition coefficient (Wildman–Crippen LogP) is 3.11. The summed E-state index contributed by atoms with van der Waals surface area (Å²) in [6, 6.07) is 8.17. The molecule has 1 heterocycles. The van der Waals surface area contributed by atoms with E-state index in [-0.39, 0.29) is 0 Å². The van der Waals surface area contributed by atoms with Gasteiger partial charge in [-0.3, -0.25) is 4.79 Å². The molecule has 2 aromatic rings. The molecule has 1 nitrogen and oxygen atoms in total. The first-order valence-electron chi connectivity index (χ1n) is 4.00. The smallest absolute Gasteiger partial charge is 0.142 e. The lowest BCUT2D eigenvalue weighted by Gasteiger charge is -1.88. The van der Waals surface area contributed by atoms with E-state index in [4.69, 9.17) is 0 Å². The summed E-state index contributed by atoms with van der Waals surface area (Å²) in [6.45, 7) is 0. The maximum atomic E-state index is 10.2. The third-order valence-electron chi connectivity index (χ3n) is 1.87. The standard InChI is InChI=1S/C11H8OS/c12-7-3-4-9-8-13-11-6-2-1-5-10(9)11/h1-8H/b4-3+. The molecule has 0 aliphatic heterocycles. The first kappa shape index (κ1) is 8.20. The average molecular weight is 188 g/mol. The second-order valence-corrected chi connectivity index (χ2v) is 3.59. The fraction of sp³-hybridized carbons (Fsp3) is 0. The number of fused-ring (bicyclic) bond motifs is 1. The van der Waals surface area contributed by atoms with E-state index in [1.807, 2.05) is 18.2 Å². The number of hydrogen-bond acceptors (Lipinski definition) is 2. The Morgan fingerprint density at radius 3 is 2.92 bits per heavy atom. The summed E-state index contributed by atoms with van der Waals surface area (Å²) in [7, 11) is 0. The van der Waals surface area contributed by atoms with E-state index in [9.17, 15) is 4.79 Å². The molecule has 0 radical (unpaired) electrons. The molecule has 1 aromatic heterocycles. The van der Waals surface area contributed by atoms with Crippen LogP contribution in [0.15, 0.2) is 35.7 Å². The molecule has 0 saturated carbocycles. The van der Waals surface area contributed by atoms with Crippen LogP contribution in [-0.2, 0) is 4.79 Å². The third kappa shape index (κ3) is 1.53. The average Bonchev–Trinajstić information content (AvgIpc) is 2.58. The van der Waals surface area contributed by atoms with Gasteiger partial charge in [-0.1, -0.05) is 24.3 Å².